The van der Waals surface area contributed by atoms with Crippen LogP contribution in [0.25, 0.3) is 0 Å². The number of Topliss-reactive ketones (excluding diaryl/α,β-unsaturated/α-hetero) is 1. The SMILES string of the molecule is CCC1CC2C3CCC4=CC(O)CC[C@]4(C)C3=CC[C@]2(C)[C@H]1C(=O)CO. The molecule has 0 radical (unpaired) electrons. The van der Waals surface area contributed by atoms with Gasteiger partial charge in [-0.3, -0.25) is 4.79 Å². The van der Waals surface area contributed by atoms with E-state index in [0.29, 0.717) is 17.8 Å². The number of fused-ring (bicyclic) bond motifs is 5. The molecule has 2 fully saturated rings. The molecule has 4 aliphatic carbocycles. The molecule has 144 valence electrons. The van der Waals surface area contributed by atoms with Crippen molar-refractivity contribution < 1.29 is 15.0 Å². The van der Waals surface area contributed by atoms with Gasteiger partial charge in [0.15, 0.2) is 5.78 Å². The highest BCUT2D eigenvalue weighted by Crippen LogP contribution is 2.66. The number of carbonyl (C=O) groups excluding carboxylic acids is 1. The Morgan fingerprint density at radius 1 is 1.31 bits per heavy atom. The van der Waals surface area contributed by atoms with Gasteiger partial charge in [-0.25, -0.2) is 0 Å². The fraction of sp³-hybridized carbons (Fsp3) is 0.783. The van der Waals surface area contributed by atoms with Crippen LogP contribution >= 0.6 is 0 Å². The third-order valence-corrected chi connectivity index (χ3v) is 8.66. The fourth-order valence-corrected chi connectivity index (χ4v) is 7.32. The summed E-state index contributed by atoms with van der Waals surface area (Å²) in [6.45, 7) is 6.58. The van der Waals surface area contributed by atoms with Crippen molar-refractivity contribution in [2.75, 3.05) is 6.61 Å². The van der Waals surface area contributed by atoms with Crippen molar-refractivity contribution >= 4 is 5.78 Å². The molecular weight excluding hydrogens is 324 g/mol. The third kappa shape index (κ3) is 2.43. The monoisotopic (exact) mass is 358 g/mol. The summed E-state index contributed by atoms with van der Waals surface area (Å²) in [6.07, 6.45) is 11.6. The minimum atomic E-state index is -0.312. The molecule has 0 aromatic carbocycles. The zero-order valence-corrected chi connectivity index (χ0v) is 16.5. The second-order valence-electron chi connectivity index (χ2n) is 9.76. The Hall–Kier alpha value is -0.930. The first-order valence-corrected chi connectivity index (χ1v) is 10.6. The van der Waals surface area contributed by atoms with Gasteiger partial charge in [0.05, 0.1) is 6.10 Å². The van der Waals surface area contributed by atoms with Crippen molar-refractivity contribution in [2.24, 2.45) is 34.5 Å². The van der Waals surface area contributed by atoms with Crippen LogP contribution in [0.3, 0.4) is 0 Å². The van der Waals surface area contributed by atoms with E-state index in [9.17, 15) is 15.0 Å². The van der Waals surface area contributed by atoms with E-state index < -0.39 is 0 Å². The fourth-order valence-electron chi connectivity index (χ4n) is 7.32. The summed E-state index contributed by atoms with van der Waals surface area (Å²) in [4.78, 5) is 12.6. The average Bonchev–Trinajstić information content (AvgIpc) is 2.94. The molecule has 0 aliphatic heterocycles. The van der Waals surface area contributed by atoms with Crippen LogP contribution in [0.15, 0.2) is 23.3 Å². The van der Waals surface area contributed by atoms with Crippen LogP contribution in [0.1, 0.15) is 65.7 Å². The van der Waals surface area contributed by atoms with Crippen LogP contribution in [0, 0.1) is 34.5 Å². The molecule has 3 nitrogen and oxygen atoms in total. The highest BCUT2D eigenvalue weighted by atomic mass is 16.3. The lowest BCUT2D eigenvalue weighted by Crippen LogP contribution is -2.46. The van der Waals surface area contributed by atoms with Gasteiger partial charge in [-0.1, -0.05) is 50.5 Å². The molecule has 4 unspecified atom stereocenters. The van der Waals surface area contributed by atoms with Gasteiger partial charge < -0.3 is 10.2 Å². The normalized spacial score (nSPS) is 47.3. The van der Waals surface area contributed by atoms with Gasteiger partial charge in [-0.05, 0) is 61.7 Å². The molecule has 0 aromatic heterocycles. The molecule has 2 saturated carbocycles. The van der Waals surface area contributed by atoms with Gasteiger partial charge >= 0.3 is 0 Å². The predicted octanol–water partition coefficient (Wildman–Crippen LogP) is 4.04. The third-order valence-electron chi connectivity index (χ3n) is 8.66. The van der Waals surface area contributed by atoms with E-state index in [1.165, 1.54) is 5.57 Å². The molecule has 0 saturated heterocycles. The maximum absolute atomic E-state index is 12.6. The Morgan fingerprint density at radius 2 is 2.08 bits per heavy atom. The molecule has 26 heavy (non-hydrogen) atoms. The molecule has 0 spiro atoms. The lowest BCUT2D eigenvalue weighted by atomic mass is 9.51. The largest absolute Gasteiger partial charge is 0.389 e. The van der Waals surface area contributed by atoms with Crippen LogP contribution in [0.4, 0.5) is 0 Å². The lowest BCUT2D eigenvalue weighted by Gasteiger charge is -2.53. The average molecular weight is 359 g/mol. The number of hydrogen-bond acceptors (Lipinski definition) is 3. The maximum atomic E-state index is 12.6. The molecule has 4 aliphatic rings. The molecule has 0 heterocycles. The summed E-state index contributed by atoms with van der Waals surface area (Å²) in [5, 5.41) is 19.7. The number of aliphatic hydroxyl groups excluding tert-OH is 2. The Morgan fingerprint density at radius 3 is 2.77 bits per heavy atom. The molecule has 2 N–H and O–H groups in total. The van der Waals surface area contributed by atoms with Gasteiger partial charge in [-0.2, -0.15) is 0 Å². The predicted molar refractivity (Wildman–Crippen MR) is 102 cm³/mol. The van der Waals surface area contributed by atoms with E-state index in [4.69, 9.17) is 0 Å². The Kier molecular flexibility index (Phi) is 4.47. The number of hydrogen-bond donors (Lipinski definition) is 2. The number of aliphatic hydroxyl groups is 2. The summed E-state index contributed by atoms with van der Waals surface area (Å²) >= 11 is 0. The van der Waals surface area contributed by atoms with Crippen LogP contribution < -0.4 is 0 Å². The minimum Gasteiger partial charge on any atom is -0.389 e. The van der Waals surface area contributed by atoms with Crippen molar-refractivity contribution in [3.8, 4) is 0 Å². The molecule has 0 aromatic rings. The summed E-state index contributed by atoms with van der Waals surface area (Å²) in [6, 6.07) is 0. The molecular formula is C23H34O3. The highest BCUT2D eigenvalue weighted by Gasteiger charge is 2.59. The second-order valence-corrected chi connectivity index (χ2v) is 9.76. The van der Waals surface area contributed by atoms with E-state index in [0.717, 1.165) is 44.9 Å². The van der Waals surface area contributed by atoms with Crippen molar-refractivity contribution in [3.05, 3.63) is 23.3 Å². The first kappa shape index (κ1) is 18.4. The Bertz CT molecular complexity index is 662. The van der Waals surface area contributed by atoms with Crippen molar-refractivity contribution in [3.63, 3.8) is 0 Å². The van der Waals surface area contributed by atoms with Crippen molar-refractivity contribution in [1.82, 2.24) is 0 Å². The maximum Gasteiger partial charge on any atom is 0.162 e. The first-order chi connectivity index (χ1) is 12.3. The van der Waals surface area contributed by atoms with E-state index in [2.05, 4.69) is 32.9 Å². The van der Waals surface area contributed by atoms with Crippen molar-refractivity contribution in [1.29, 1.82) is 0 Å². The van der Waals surface area contributed by atoms with E-state index >= 15 is 0 Å². The quantitative estimate of drug-likeness (QED) is 0.749. The summed E-state index contributed by atoms with van der Waals surface area (Å²) in [5.74, 6) is 1.60. The summed E-state index contributed by atoms with van der Waals surface area (Å²) in [7, 11) is 0. The van der Waals surface area contributed by atoms with Crippen LogP contribution in [0.2, 0.25) is 0 Å². The van der Waals surface area contributed by atoms with Gasteiger partial charge in [0.1, 0.15) is 6.61 Å². The number of rotatable bonds is 3. The standard InChI is InChI=1S/C23H34O3/c1-4-14-11-19-17-6-5-15-12-16(25)7-9-22(15,2)18(17)8-10-23(19,3)21(14)20(26)13-24/h8,12,14,16-17,19,21,24-25H,4-7,9-11,13H2,1-3H3/t14?,16?,17?,19?,21-,22+,23+/m1/s1. The second kappa shape index (κ2) is 6.31. The zero-order chi connectivity index (χ0) is 18.7. The number of ketones is 1. The number of carbonyl (C=O) groups is 1. The summed E-state index contributed by atoms with van der Waals surface area (Å²) < 4.78 is 0. The first-order valence-electron chi connectivity index (χ1n) is 10.6. The molecule has 7 atom stereocenters. The van der Waals surface area contributed by atoms with Gasteiger partial charge in [-0.15, -0.1) is 0 Å². The van der Waals surface area contributed by atoms with Crippen LogP contribution in [-0.2, 0) is 4.79 Å². The molecule has 0 bridgehead atoms. The van der Waals surface area contributed by atoms with Gasteiger partial charge in [0, 0.05) is 11.3 Å². The Balaban J connectivity index is 1.73. The van der Waals surface area contributed by atoms with E-state index in [1.807, 2.05) is 0 Å². The van der Waals surface area contributed by atoms with E-state index in [1.54, 1.807) is 5.57 Å². The van der Waals surface area contributed by atoms with Gasteiger partial charge in [0.2, 0.25) is 0 Å². The smallest absolute Gasteiger partial charge is 0.162 e. The van der Waals surface area contributed by atoms with Gasteiger partial charge in [0.25, 0.3) is 0 Å². The molecule has 0 amide bonds. The van der Waals surface area contributed by atoms with Crippen LogP contribution in [0.5, 0.6) is 0 Å². The lowest BCUT2D eigenvalue weighted by molar-refractivity contribution is -0.131. The number of allylic oxidation sites excluding steroid dienone is 3. The topological polar surface area (TPSA) is 57.5 Å². The van der Waals surface area contributed by atoms with E-state index in [-0.39, 0.29) is 35.2 Å². The molecule has 4 rings (SSSR count). The summed E-state index contributed by atoms with van der Waals surface area (Å²) in [5.41, 5.74) is 3.15. The van der Waals surface area contributed by atoms with Crippen LogP contribution in [-0.4, -0.2) is 28.7 Å². The minimum absolute atomic E-state index is 0.000412. The Labute approximate surface area is 157 Å². The zero-order valence-electron chi connectivity index (χ0n) is 16.5. The highest BCUT2D eigenvalue weighted by molar-refractivity contribution is 5.83. The van der Waals surface area contributed by atoms with Crippen molar-refractivity contribution in [2.45, 2.75) is 71.8 Å². The molecule has 3 heteroatoms.